The number of rotatable bonds is 2. The lowest BCUT2D eigenvalue weighted by Gasteiger charge is -2.04. The summed E-state index contributed by atoms with van der Waals surface area (Å²) in [6, 6.07) is 9.30. The minimum atomic E-state index is 0.00130. The van der Waals surface area contributed by atoms with E-state index < -0.39 is 0 Å². The molecule has 0 aliphatic heterocycles. The maximum Gasteiger partial charge on any atom is 0.161 e. The third kappa shape index (κ3) is 2.12. The van der Waals surface area contributed by atoms with Gasteiger partial charge in [-0.05, 0) is 19.1 Å². The molecule has 0 amide bonds. The molecule has 0 radical (unpaired) electrons. The fourth-order valence-electron chi connectivity index (χ4n) is 1.48. The van der Waals surface area contributed by atoms with E-state index in [9.17, 15) is 4.79 Å². The van der Waals surface area contributed by atoms with E-state index in [1.54, 1.807) is 18.5 Å². The van der Waals surface area contributed by atoms with Crippen LogP contribution in [0.15, 0.2) is 42.7 Å². The van der Waals surface area contributed by atoms with Crippen molar-refractivity contribution in [2.45, 2.75) is 6.92 Å². The molecule has 2 rings (SSSR count). The number of carbonyl (C=O) groups is 1. The SMILES string of the molecule is CC(=O)c1cncc(-c2ccccc2Cl)c1. The van der Waals surface area contributed by atoms with Crippen molar-refractivity contribution in [3.63, 3.8) is 0 Å². The van der Waals surface area contributed by atoms with Crippen molar-refractivity contribution in [2.75, 3.05) is 0 Å². The Hall–Kier alpha value is -1.67. The summed E-state index contributed by atoms with van der Waals surface area (Å²) >= 11 is 6.08. The molecule has 16 heavy (non-hydrogen) atoms. The molecule has 80 valence electrons. The summed E-state index contributed by atoms with van der Waals surface area (Å²) < 4.78 is 0. The zero-order valence-corrected chi connectivity index (χ0v) is 9.53. The summed E-state index contributed by atoms with van der Waals surface area (Å²) in [5.41, 5.74) is 2.34. The van der Waals surface area contributed by atoms with Crippen LogP contribution in [0.5, 0.6) is 0 Å². The molecule has 0 bridgehead atoms. The average Bonchev–Trinajstić information content (AvgIpc) is 2.30. The Morgan fingerprint density at radius 3 is 2.69 bits per heavy atom. The number of Topliss-reactive ketones (excluding diaryl/α,β-unsaturated/α-hetero) is 1. The Labute approximate surface area is 98.9 Å². The molecule has 1 heterocycles. The van der Waals surface area contributed by atoms with Gasteiger partial charge in [-0.2, -0.15) is 0 Å². The van der Waals surface area contributed by atoms with Gasteiger partial charge >= 0.3 is 0 Å². The first-order valence-electron chi connectivity index (χ1n) is 4.89. The van der Waals surface area contributed by atoms with Crippen LogP contribution in [0.4, 0.5) is 0 Å². The maximum absolute atomic E-state index is 11.2. The monoisotopic (exact) mass is 231 g/mol. The van der Waals surface area contributed by atoms with Crippen molar-refractivity contribution in [3.8, 4) is 11.1 Å². The average molecular weight is 232 g/mol. The lowest BCUT2D eigenvalue weighted by Crippen LogP contribution is -1.93. The van der Waals surface area contributed by atoms with E-state index in [1.165, 1.54) is 6.92 Å². The molecule has 0 aliphatic rings. The Kier molecular flexibility index (Phi) is 3.02. The number of carbonyl (C=O) groups excluding carboxylic acids is 1. The number of hydrogen-bond acceptors (Lipinski definition) is 2. The fourth-order valence-corrected chi connectivity index (χ4v) is 1.72. The van der Waals surface area contributed by atoms with Crippen LogP contribution in [0.1, 0.15) is 17.3 Å². The number of pyridine rings is 1. The second-order valence-corrected chi connectivity index (χ2v) is 3.91. The molecule has 1 aromatic heterocycles. The molecule has 0 atom stereocenters. The lowest BCUT2D eigenvalue weighted by atomic mass is 10.1. The highest BCUT2D eigenvalue weighted by molar-refractivity contribution is 6.33. The zero-order valence-electron chi connectivity index (χ0n) is 8.77. The lowest BCUT2D eigenvalue weighted by molar-refractivity contribution is 0.101. The quantitative estimate of drug-likeness (QED) is 0.739. The number of hydrogen-bond donors (Lipinski definition) is 0. The molecule has 0 saturated carbocycles. The Bertz CT molecular complexity index is 537. The van der Waals surface area contributed by atoms with Gasteiger partial charge < -0.3 is 0 Å². The summed E-state index contributed by atoms with van der Waals surface area (Å²) in [5.74, 6) is 0.00130. The molecule has 0 aliphatic carbocycles. The van der Waals surface area contributed by atoms with Crippen LogP contribution >= 0.6 is 11.6 Å². The van der Waals surface area contributed by atoms with E-state index in [0.29, 0.717) is 10.6 Å². The standard InChI is InChI=1S/C13H10ClNO/c1-9(16)10-6-11(8-15-7-10)12-4-2-3-5-13(12)14/h2-8H,1H3. The number of aromatic nitrogens is 1. The summed E-state index contributed by atoms with van der Waals surface area (Å²) in [7, 11) is 0. The van der Waals surface area contributed by atoms with Crippen LogP contribution < -0.4 is 0 Å². The molecule has 0 fully saturated rings. The van der Waals surface area contributed by atoms with Crippen LogP contribution in [0.2, 0.25) is 5.02 Å². The predicted molar refractivity (Wildman–Crippen MR) is 64.7 cm³/mol. The fraction of sp³-hybridized carbons (Fsp3) is 0.0769. The molecule has 0 N–H and O–H groups in total. The molecule has 2 aromatic rings. The summed E-state index contributed by atoms with van der Waals surface area (Å²) in [5, 5.41) is 0.657. The van der Waals surface area contributed by atoms with E-state index in [0.717, 1.165) is 11.1 Å². The highest BCUT2D eigenvalue weighted by Gasteiger charge is 2.05. The largest absolute Gasteiger partial charge is 0.294 e. The minimum absolute atomic E-state index is 0.00130. The molecule has 3 heteroatoms. The molecule has 0 saturated heterocycles. The van der Waals surface area contributed by atoms with Crippen LogP contribution in [0.3, 0.4) is 0 Å². The van der Waals surface area contributed by atoms with Crippen molar-refractivity contribution in [1.29, 1.82) is 0 Å². The molecular weight excluding hydrogens is 222 g/mol. The first kappa shape index (κ1) is 10.8. The first-order valence-corrected chi connectivity index (χ1v) is 5.27. The van der Waals surface area contributed by atoms with E-state index >= 15 is 0 Å². The first-order chi connectivity index (χ1) is 7.68. The maximum atomic E-state index is 11.2. The summed E-state index contributed by atoms with van der Waals surface area (Å²) in [6.07, 6.45) is 3.26. The van der Waals surface area contributed by atoms with Crippen molar-refractivity contribution in [1.82, 2.24) is 4.98 Å². The predicted octanol–water partition coefficient (Wildman–Crippen LogP) is 3.60. The van der Waals surface area contributed by atoms with E-state index in [2.05, 4.69) is 4.98 Å². The molecule has 2 nitrogen and oxygen atoms in total. The van der Waals surface area contributed by atoms with Gasteiger partial charge in [-0.1, -0.05) is 29.8 Å². The number of ketones is 1. The number of nitrogens with zero attached hydrogens (tertiary/aromatic N) is 1. The van der Waals surface area contributed by atoms with Gasteiger partial charge in [0, 0.05) is 34.1 Å². The summed E-state index contributed by atoms with van der Waals surface area (Å²) in [4.78, 5) is 15.3. The number of halogens is 1. The molecular formula is C13H10ClNO. The van der Waals surface area contributed by atoms with Gasteiger partial charge in [0.2, 0.25) is 0 Å². The van der Waals surface area contributed by atoms with E-state index in [-0.39, 0.29) is 5.78 Å². The van der Waals surface area contributed by atoms with Crippen LogP contribution in [-0.2, 0) is 0 Å². The normalized spacial score (nSPS) is 10.1. The van der Waals surface area contributed by atoms with Crippen molar-refractivity contribution >= 4 is 17.4 Å². The van der Waals surface area contributed by atoms with E-state index in [1.807, 2.05) is 24.3 Å². The van der Waals surface area contributed by atoms with Crippen molar-refractivity contribution < 1.29 is 4.79 Å². The minimum Gasteiger partial charge on any atom is -0.294 e. The molecule has 0 spiro atoms. The smallest absolute Gasteiger partial charge is 0.161 e. The van der Waals surface area contributed by atoms with Gasteiger partial charge in [-0.3, -0.25) is 9.78 Å². The topological polar surface area (TPSA) is 30.0 Å². The van der Waals surface area contributed by atoms with Gasteiger partial charge in [-0.25, -0.2) is 0 Å². The third-order valence-corrected chi connectivity index (χ3v) is 2.66. The highest BCUT2D eigenvalue weighted by atomic mass is 35.5. The second-order valence-electron chi connectivity index (χ2n) is 3.50. The van der Waals surface area contributed by atoms with Crippen molar-refractivity contribution in [2.24, 2.45) is 0 Å². The van der Waals surface area contributed by atoms with Gasteiger partial charge in [0.15, 0.2) is 5.78 Å². The van der Waals surface area contributed by atoms with Gasteiger partial charge in [0.1, 0.15) is 0 Å². The molecule has 0 unspecified atom stereocenters. The zero-order chi connectivity index (χ0) is 11.5. The van der Waals surface area contributed by atoms with Gasteiger partial charge in [0.25, 0.3) is 0 Å². The van der Waals surface area contributed by atoms with Gasteiger partial charge in [0.05, 0.1) is 0 Å². The van der Waals surface area contributed by atoms with Crippen molar-refractivity contribution in [3.05, 3.63) is 53.3 Å². The van der Waals surface area contributed by atoms with Gasteiger partial charge in [-0.15, -0.1) is 0 Å². The highest BCUT2D eigenvalue weighted by Crippen LogP contribution is 2.27. The third-order valence-electron chi connectivity index (χ3n) is 2.33. The summed E-state index contributed by atoms with van der Waals surface area (Å²) in [6.45, 7) is 1.52. The number of benzene rings is 1. The van der Waals surface area contributed by atoms with E-state index in [4.69, 9.17) is 11.6 Å². The van der Waals surface area contributed by atoms with Crippen LogP contribution in [0, 0.1) is 0 Å². The van der Waals surface area contributed by atoms with Crippen LogP contribution in [0.25, 0.3) is 11.1 Å². The second kappa shape index (κ2) is 4.45. The van der Waals surface area contributed by atoms with Crippen LogP contribution in [-0.4, -0.2) is 10.8 Å². The molecule has 1 aromatic carbocycles. The Balaban J connectivity index is 2.53. The Morgan fingerprint density at radius 2 is 2.00 bits per heavy atom. The Morgan fingerprint density at radius 1 is 1.25 bits per heavy atom.